The Labute approximate surface area is 197 Å². The summed E-state index contributed by atoms with van der Waals surface area (Å²) in [5.74, 6) is 0.598. The van der Waals surface area contributed by atoms with Gasteiger partial charge in [-0.2, -0.15) is 13.2 Å². The van der Waals surface area contributed by atoms with Crippen LogP contribution < -0.4 is 4.74 Å². The number of ether oxygens (including phenoxy) is 3. The molecule has 4 rings (SSSR count). The lowest BCUT2D eigenvalue weighted by Crippen LogP contribution is -2.05. The summed E-state index contributed by atoms with van der Waals surface area (Å²) in [5.41, 5.74) is 2.44. The molecule has 1 aliphatic heterocycles. The number of nitrogens with zero attached hydrogens (tertiary/aromatic N) is 2. The lowest BCUT2D eigenvalue weighted by Gasteiger charge is -2.08. The highest BCUT2D eigenvalue weighted by atomic mass is 35.5. The van der Waals surface area contributed by atoms with E-state index in [-0.39, 0.29) is 13.2 Å². The minimum absolute atomic E-state index is 0.220. The minimum atomic E-state index is -4.39. The monoisotopic (exact) mass is 496 g/mol. The van der Waals surface area contributed by atoms with E-state index in [0.29, 0.717) is 46.8 Å². The van der Waals surface area contributed by atoms with Crippen LogP contribution >= 0.6 is 22.9 Å². The number of aliphatic imine (C=N–C) groups is 1. The van der Waals surface area contributed by atoms with Crippen molar-refractivity contribution < 1.29 is 27.4 Å². The van der Waals surface area contributed by atoms with E-state index in [1.807, 2.05) is 12.1 Å². The topological polar surface area (TPSA) is 52.9 Å². The van der Waals surface area contributed by atoms with Crippen LogP contribution in [0.1, 0.15) is 21.7 Å². The molecule has 0 bridgehead atoms. The maximum absolute atomic E-state index is 12.9. The van der Waals surface area contributed by atoms with Crippen LogP contribution in [0.25, 0.3) is 10.6 Å². The normalized spacial score (nSPS) is 13.2. The number of halogens is 4. The number of alkyl halides is 3. The Hall–Kier alpha value is -2.46. The minimum Gasteiger partial charge on any atom is -0.488 e. The Morgan fingerprint density at radius 3 is 2.45 bits per heavy atom. The quantitative estimate of drug-likeness (QED) is 0.322. The number of aromatic nitrogens is 1. The van der Waals surface area contributed by atoms with Crippen molar-refractivity contribution in [3.8, 4) is 16.3 Å². The summed E-state index contributed by atoms with van der Waals surface area (Å²) in [6.45, 7) is 2.00. The van der Waals surface area contributed by atoms with Gasteiger partial charge in [-0.05, 0) is 30.3 Å². The van der Waals surface area contributed by atoms with E-state index in [1.54, 1.807) is 13.2 Å². The van der Waals surface area contributed by atoms with Crippen LogP contribution in [-0.2, 0) is 28.9 Å². The predicted molar refractivity (Wildman–Crippen MR) is 121 cm³/mol. The van der Waals surface area contributed by atoms with Gasteiger partial charge in [0.2, 0.25) is 0 Å². The summed E-state index contributed by atoms with van der Waals surface area (Å²) in [5, 5.41) is 1.16. The van der Waals surface area contributed by atoms with Gasteiger partial charge in [0.05, 0.1) is 53.2 Å². The summed E-state index contributed by atoms with van der Waals surface area (Å²) in [7, 11) is 1.58. The van der Waals surface area contributed by atoms with Crippen LogP contribution in [0.5, 0.6) is 5.75 Å². The van der Waals surface area contributed by atoms with Crippen molar-refractivity contribution in [2.24, 2.45) is 4.99 Å². The van der Waals surface area contributed by atoms with Gasteiger partial charge < -0.3 is 14.2 Å². The zero-order valence-corrected chi connectivity index (χ0v) is 19.2. The highest BCUT2D eigenvalue weighted by Crippen LogP contribution is 2.34. The number of hydrogen-bond donors (Lipinski definition) is 0. The third-order valence-corrected chi connectivity index (χ3v) is 6.28. The van der Waals surface area contributed by atoms with Crippen LogP contribution in [0.3, 0.4) is 0 Å². The van der Waals surface area contributed by atoms with E-state index in [2.05, 4.69) is 9.98 Å². The average molecular weight is 497 g/mol. The molecule has 5 nitrogen and oxygen atoms in total. The van der Waals surface area contributed by atoms with Crippen molar-refractivity contribution in [1.82, 2.24) is 4.98 Å². The molecular formula is C23H20ClF3N2O3S. The highest BCUT2D eigenvalue weighted by molar-refractivity contribution is 7.15. The molecule has 2 aromatic carbocycles. The van der Waals surface area contributed by atoms with E-state index in [9.17, 15) is 13.2 Å². The van der Waals surface area contributed by atoms with E-state index in [1.165, 1.54) is 23.5 Å². The lowest BCUT2D eigenvalue weighted by atomic mass is 10.1. The zero-order valence-electron chi connectivity index (χ0n) is 17.6. The molecule has 10 heteroatoms. The number of methoxy groups -OCH3 is 1. The van der Waals surface area contributed by atoms with Crippen molar-refractivity contribution in [3.05, 3.63) is 69.2 Å². The molecule has 0 unspecified atom stereocenters. The lowest BCUT2D eigenvalue weighted by molar-refractivity contribution is -0.137. The van der Waals surface area contributed by atoms with Crippen molar-refractivity contribution in [3.63, 3.8) is 0 Å². The van der Waals surface area contributed by atoms with Crippen LogP contribution in [0, 0.1) is 0 Å². The smallest absolute Gasteiger partial charge is 0.416 e. The largest absolute Gasteiger partial charge is 0.488 e. The first-order valence-electron chi connectivity index (χ1n) is 10.0. The van der Waals surface area contributed by atoms with E-state index in [0.717, 1.165) is 28.3 Å². The van der Waals surface area contributed by atoms with Crippen LogP contribution in [0.4, 0.5) is 13.2 Å². The van der Waals surface area contributed by atoms with E-state index < -0.39 is 11.7 Å². The number of rotatable bonds is 10. The fourth-order valence-electron chi connectivity index (χ4n) is 3.02. The first-order chi connectivity index (χ1) is 15.8. The second-order valence-corrected chi connectivity index (χ2v) is 8.69. The third kappa shape index (κ3) is 6.11. The maximum Gasteiger partial charge on any atom is 0.416 e. The molecule has 0 atom stereocenters. The number of thiazole rings is 1. The highest BCUT2D eigenvalue weighted by Gasteiger charge is 2.30. The number of hydrogen-bond acceptors (Lipinski definition) is 6. The zero-order chi connectivity index (χ0) is 23.4. The second-order valence-electron chi connectivity index (χ2n) is 7.20. The fourth-order valence-corrected chi connectivity index (χ4v) is 4.29. The van der Waals surface area contributed by atoms with Gasteiger partial charge in [-0.3, -0.25) is 4.99 Å². The Morgan fingerprint density at radius 2 is 1.82 bits per heavy atom. The molecule has 0 radical (unpaired) electrons. The van der Waals surface area contributed by atoms with Gasteiger partial charge in [0.15, 0.2) is 0 Å². The molecule has 2 heterocycles. The Bertz CT molecular complexity index is 1150. The van der Waals surface area contributed by atoms with E-state index in [4.69, 9.17) is 25.8 Å². The molecule has 0 amide bonds. The second kappa shape index (κ2) is 10.2. The summed E-state index contributed by atoms with van der Waals surface area (Å²) < 4.78 is 55.2. The Morgan fingerprint density at radius 1 is 1.06 bits per heavy atom. The van der Waals surface area contributed by atoms with Crippen LogP contribution in [0.15, 0.2) is 47.5 Å². The van der Waals surface area contributed by atoms with Crippen molar-refractivity contribution >= 4 is 28.6 Å². The van der Waals surface area contributed by atoms with Gasteiger partial charge in [-0.1, -0.05) is 23.7 Å². The molecule has 0 fully saturated rings. The molecule has 0 saturated carbocycles. The molecule has 0 saturated heterocycles. The molecule has 0 N–H and O–H groups in total. The third-order valence-electron chi connectivity index (χ3n) is 4.85. The van der Waals surface area contributed by atoms with Gasteiger partial charge in [0.1, 0.15) is 17.4 Å². The summed E-state index contributed by atoms with van der Waals surface area (Å²) in [6.07, 6.45) is -4.39. The summed E-state index contributed by atoms with van der Waals surface area (Å²) in [6, 6.07) is 10.4. The molecule has 1 aromatic heterocycles. The summed E-state index contributed by atoms with van der Waals surface area (Å²) in [4.78, 5) is 9.57. The Balaban J connectivity index is 1.51. The van der Waals surface area contributed by atoms with Gasteiger partial charge in [0.25, 0.3) is 0 Å². The molecule has 0 aliphatic carbocycles. The van der Waals surface area contributed by atoms with Crippen molar-refractivity contribution in [1.29, 1.82) is 0 Å². The maximum atomic E-state index is 12.9. The standard InChI is InChI=1S/C23H20ClF3N2O3S/c1-30-8-9-31-12-20-21(13-32-16-6-7-17(18(24)10-16)19-11-28-19)33-22(29-20)14-2-4-15(5-3-14)23(25,26)27/h2-7,10H,8-9,11-13H2,1H3. The van der Waals surface area contributed by atoms with Gasteiger partial charge in [0, 0.05) is 18.2 Å². The van der Waals surface area contributed by atoms with Gasteiger partial charge in [-0.15, -0.1) is 11.3 Å². The Kier molecular flexibility index (Phi) is 7.33. The first kappa shape index (κ1) is 23.7. The van der Waals surface area contributed by atoms with Gasteiger partial charge >= 0.3 is 6.18 Å². The van der Waals surface area contributed by atoms with Gasteiger partial charge in [-0.25, -0.2) is 4.98 Å². The SMILES string of the molecule is COCCOCc1nc(-c2ccc(C(F)(F)F)cc2)sc1COc1ccc(C2=NC2)c(Cl)c1. The van der Waals surface area contributed by atoms with Crippen molar-refractivity contribution in [2.75, 3.05) is 26.9 Å². The van der Waals surface area contributed by atoms with Crippen LogP contribution in [-0.4, -0.2) is 37.6 Å². The number of benzene rings is 2. The van der Waals surface area contributed by atoms with Crippen molar-refractivity contribution in [2.45, 2.75) is 19.4 Å². The predicted octanol–water partition coefficient (Wildman–Crippen LogP) is 6.03. The fraction of sp³-hybridized carbons (Fsp3) is 0.304. The molecule has 174 valence electrons. The first-order valence-corrected chi connectivity index (χ1v) is 11.2. The molecule has 1 aliphatic rings. The molecule has 33 heavy (non-hydrogen) atoms. The van der Waals surface area contributed by atoms with Crippen LogP contribution in [0.2, 0.25) is 5.02 Å². The average Bonchev–Trinajstić information content (AvgIpc) is 3.55. The van der Waals surface area contributed by atoms with E-state index >= 15 is 0 Å². The molecule has 0 spiro atoms. The molecule has 3 aromatic rings. The summed E-state index contributed by atoms with van der Waals surface area (Å²) >= 11 is 7.67. The molecular weight excluding hydrogens is 477 g/mol.